The second-order valence-electron chi connectivity index (χ2n) is 3.89. The van der Waals surface area contributed by atoms with Crippen LogP contribution in [0.3, 0.4) is 0 Å². The number of hydrogen-bond donors (Lipinski definition) is 0. The van der Waals surface area contributed by atoms with Gasteiger partial charge in [-0.05, 0) is 0 Å². The Kier molecular flexibility index (Phi) is 27.9. The zero-order valence-corrected chi connectivity index (χ0v) is 24.0. The van der Waals surface area contributed by atoms with E-state index in [1.807, 2.05) is 52.0 Å². The van der Waals surface area contributed by atoms with Crippen LogP contribution in [0, 0.1) is 52.0 Å². The summed E-state index contributed by atoms with van der Waals surface area (Å²) in [5.74, 6) is 0. The molecule has 2 rings (SSSR count). The molecule has 0 aliphatic rings. The fraction of sp³-hybridized carbons (Fsp3) is 0.250. The van der Waals surface area contributed by atoms with E-state index in [9.17, 15) is 0 Å². The van der Waals surface area contributed by atoms with Gasteiger partial charge in [-0.15, -0.1) is 13.8 Å². The Hall–Kier alpha value is 2.86. The number of aryl methyl sites for hydroxylation is 4. The first-order valence-electron chi connectivity index (χ1n) is 5.31. The van der Waals surface area contributed by atoms with Gasteiger partial charge in [-0.3, -0.25) is 46.5 Å². The molecule has 0 unspecified atom stereocenters. The molecule has 0 aliphatic carbocycles. The van der Waals surface area contributed by atoms with Gasteiger partial charge >= 0.3 is 0 Å². The van der Waals surface area contributed by atoms with E-state index in [0.29, 0.717) is 0 Å². The number of hydrogen-bond acceptors (Lipinski definition) is 0. The van der Waals surface area contributed by atoms with Crippen molar-refractivity contribution in [2.45, 2.75) is 27.7 Å². The third-order valence-electron chi connectivity index (χ3n) is 2.07. The van der Waals surface area contributed by atoms with Crippen molar-refractivity contribution in [3.63, 3.8) is 0 Å². The summed E-state index contributed by atoms with van der Waals surface area (Å²) in [6.07, 6.45) is 0. The molecule has 0 bridgehead atoms. The predicted molar refractivity (Wildman–Crippen MR) is 67.2 cm³/mol. The summed E-state index contributed by atoms with van der Waals surface area (Å²) < 4.78 is 0. The van der Waals surface area contributed by atoms with Gasteiger partial charge in [0.25, 0.3) is 0 Å². The fourth-order valence-corrected chi connectivity index (χ4v) is 1.06. The molecule has 0 aliphatic heterocycles. The molecule has 0 fully saturated rings. The Bertz CT molecular complexity index is 336. The molecular weight excluding hydrogens is 548 g/mol. The second-order valence-corrected chi connectivity index (χ2v) is 3.89. The Balaban J connectivity index is -0.000000107. The van der Waals surface area contributed by atoms with Crippen LogP contribution in [0.25, 0.3) is 0 Å². The van der Waals surface area contributed by atoms with Gasteiger partial charge in [0.15, 0.2) is 0 Å². The minimum Gasteiger partial charge on any atom is -0.356 e. The fourth-order valence-electron chi connectivity index (χ4n) is 1.06. The summed E-state index contributed by atoms with van der Waals surface area (Å²) in [4.78, 5) is 0. The van der Waals surface area contributed by atoms with Crippen LogP contribution >= 0.6 is 0 Å². The van der Waals surface area contributed by atoms with Crippen molar-refractivity contribution in [3.8, 4) is 0 Å². The summed E-state index contributed by atoms with van der Waals surface area (Å²) in [5, 5.41) is 0. The Morgan fingerprint density at radius 2 is 0.700 bits per heavy atom. The van der Waals surface area contributed by atoms with Gasteiger partial charge in [-0.25, -0.2) is 0 Å². The molecule has 0 spiro atoms. The first-order valence-corrected chi connectivity index (χ1v) is 5.31. The van der Waals surface area contributed by atoms with Gasteiger partial charge < -0.3 is 24.3 Å². The number of rotatable bonds is 0. The second kappa shape index (κ2) is 18.2. The molecule has 0 aromatic heterocycles. The van der Waals surface area contributed by atoms with Gasteiger partial charge in [0.1, 0.15) is 0 Å². The van der Waals surface area contributed by atoms with E-state index in [1.54, 1.807) is 0 Å². The van der Waals surface area contributed by atoms with Gasteiger partial charge in [-0.2, -0.15) is 0 Å². The van der Waals surface area contributed by atoms with E-state index in [1.165, 1.54) is 11.1 Å². The monoisotopic (exact) mass is 564 g/mol. The van der Waals surface area contributed by atoms with Crippen molar-refractivity contribution in [1.82, 2.24) is 0 Å². The molecule has 0 heterocycles. The quantitative estimate of drug-likeness (QED) is 0.428. The predicted octanol–water partition coefficient (Wildman–Crippen LogP) is 3.80. The summed E-state index contributed by atoms with van der Waals surface area (Å²) in [5.41, 5.74) is 4.59. The Labute approximate surface area is 224 Å². The topological polar surface area (TPSA) is 0 Å². The van der Waals surface area contributed by atoms with Crippen molar-refractivity contribution < 1.29 is 131 Å². The van der Waals surface area contributed by atoms with E-state index in [4.69, 9.17) is 0 Å². The van der Waals surface area contributed by atoms with Crippen LogP contribution in [0.4, 0.5) is 0 Å². The smallest absolute Gasteiger partial charge is 0 e. The largest absolute Gasteiger partial charge is 0.356 e. The van der Waals surface area contributed by atoms with Crippen molar-refractivity contribution >= 4 is 0 Å². The molecule has 0 amide bonds. The van der Waals surface area contributed by atoms with Gasteiger partial charge in [0.05, 0.1) is 0 Å². The van der Waals surface area contributed by atoms with Crippen molar-refractivity contribution in [2.24, 2.45) is 0 Å². The summed E-state index contributed by atoms with van der Waals surface area (Å²) in [6, 6.07) is 20.0. The standard InChI is InChI=1S/2C8H8.4Y/c2*1-7-3-5-8(2)6-4-7;;;;/h2*3-4H,1-2H3;;;;/q2*-2;;;;. The minimum absolute atomic E-state index is 0. The van der Waals surface area contributed by atoms with Crippen molar-refractivity contribution in [1.29, 1.82) is 0 Å². The molecule has 0 atom stereocenters. The van der Waals surface area contributed by atoms with Crippen LogP contribution < -0.4 is 0 Å². The normalized spacial score (nSPS) is 7.40. The molecular formula is C16H16Y4-4. The van der Waals surface area contributed by atoms with Crippen LogP contribution in [0.2, 0.25) is 0 Å². The van der Waals surface area contributed by atoms with Crippen LogP contribution in [0.1, 0.15) is 22.3 Å². The Morgan fingerprint density at radius 1 is 0.500 bits per heavy atom. The van der Waals surface area contributed by atoms with E-state index in [2.05, 4.69) is 24.3 Å². The summed E-state index contributed by atoms with van der Waals surface area (Å²) in [6.45, 7) is 8.04. The molecule has 4 heteroatoms. The minimum atomic E-state index is 0. The molecule has 0 saturated carbocycles. The Morgan fingerprint density at radius 3 is 0.850 bits per heavy atom. The van der Waals surface area contributed by atoms with E-state index in [-0.39, 0.29) is 131 Å². The average Bonchev–Trinajstić information content (AvgIpc) is 2.28. The maximum Gasteiger partial charge on any atom is 0 e. The number of benzene rings is 2. The molecule has 20 heavy (non-hydrogen) atoms. The van der Waals surface area contributed by atoms with Crippen LogP contribution in [0.5, 0.6) is 0 Å². The van der Waals surface area contributed by atoms with Crippen LogP contribution in [-0.4, -0.2) is 0 Å². The third-order valence-corrected chi connectivity index (χ3v) is 2.07. The van der Waals surface area contributed by atoms with Gasteiger partial charge in [-0.1, -0.05) is 13.8 Å². The molecule has 2 aromatic rings. The van der Waals surface area contributed by atoms with E-state index in [0.717, 1.165) is 11.1 Å². The van der Waals surface area contributed by atoms with Gasteiger partial charge in [0, 0.05) is 131 Å². The first kappa shape index (κ1) is 30.7. The van der Waals surface area contributed by atoms with Crippen molar-refractivity contribution in [3.05, 3.63) is 70.8 Å². The molecule has 0 nitrogen and oxygen atoms in total. The van der Waals surface area contributed by atoms with Crippen LogP contribution in [0.15, 0.2) is 24.3 Å². The van der Waals surface area contributed by atoms with Crippen LogP contribution in [-0.2, 0) is 131 Å². The van der Waals surface area contributed by atoms with E-state index >= 15 is 0 Å². The SMILES string of the molecule is Cc1[c-]cc(C)c[c-]1.Cc1[c-]cc(C)c[c-]1.[Y].[Y].[Y].[Y]. The average molecular weight is 564 g/mol. The molecule has 96 valence electrons. The summed E-state index contributed by atoms with van der Waals surface area (Å²) >= 11 is 0. The molecule has 0 saturated heterocycles. The first-order chi connectivity index (χ1) is 7.58. The zero-order valence-electron chi connectivity index (χ0n) is 12.6. The zero-order chi connectivity index (χ0) is 12.0. The van der Waals surface area contributed by atoms with Gasteiger partial charge in [0.2, 0.25) is 0 Å². The molecule has 4 radical (unpaired) electrons. The molecule has 2 aromatic carbocycles. The third kappa shape index (κ3) is 15.7. The van der Waals surface area contributed by atoms with E-state index < -0.39 is 0 Å². The summed E-state index contributed by atoms with van der Waals surface area (Å²) in [7, 11) is 0. The maximum absolute atomic E-state index is 3.04. The maximum atomic E-state index is 3.04. The molecule has 0 N–H and O–H groups in total. The van der Waals surface area contributed by atoms with Crippen molar-refractivity contribution in [2.75, 3.05) is 0 Å².